The molecule has 0 aromatic heterocycles. The first kappa shape index (κ1) is 21.8. The van der Waals surface area contributed by atoms with Gasteiger partial charge >= 0.3 is 5.97 Å². The SMILES string of the molecule is CC1(C)c2ccccc2N(CCO)C12C=Cc1cc([N+](=O)[O-])cc(CNCC(=O)O)c1O2. The molecule has 0 fully saturated rings. The highest BCUT2D eigenvalue weighted by Crippen LogP contribution is 2.55. The Morgan fingerprint density at radius 1 is 1.28 bits per heavy atom. The number of carboxylic acids is 1. The number of rotatable bonds is 7. The molecular formula is C23H25N3O6. The van der Waals surface area contributed by atoms with Gasteiger partial charge in [0.1, 0.15) is 5.75 Å². The summed E-state index contributed by atoms with van der Waals surface area (Å²) in [5, 5.41) is 33.0. The first-order valence-electron chi connectivity index (χ1n) is 10.3. The monoisotopic (exact) mass is 439 g/mol. The van der Waals surface area contributed by atoms with Gasteiger partial charge in [-0.05, 0) is 37.6 Å². The number of para-hydroxylation sites is 1. The molecule has 3 N–H and O–H groups in total. The second-order valence-corrected chi connectivity index (χ2v) is 8.43. The minimum absolute atomic E-state index is 0.0799. The van der Waals surface area contributed by atoms with Crippen molar-refractivity contribution in [1.29, 1.82) is 0 Å². The summed E-state index contributed by atoms with van der Waals surface area (Å²) in [5.74, 6) is -0.567. The van der Waals surface area contributed by atoms with E-state index in [9.17, 15) is 20.0 Å². The molecule has 0 bridgehead atoms. The van der Waals surface area contributed by atoms with E-state index in [-0.39, 0.29) is 25.4 Å². The van der Waals surface area contributed by atoms with Gasteiger partial charge in [0.15, 0.2) is 0 Å². The molecule has 2 aliphatic rings. The van der Waals surface area contributed by atoms with Crippen LogP contribution in [-0.2, 0) is 16.8 Å². The zero-order valence-electron chi connectivity index (χ0n) is 17.9. The van der Waals surface area contributed by atoms with Crippen molar-refractivity contribution in [2.75, 3.05) is 24.6 Å². The second-order valence-electron chi connectivity index (χ2n) is 8.43. The summed E-state index contributed by atoms with van der Waals surface area (Å²) < 4.78 is 6.68. The minimum Gasteiger partial charge on any atom is -0.480 e. The molecule has 2 aliphatic heterocycles. The molecule has 32 heavy (non-hydrogen) atoms. The van der Waals surface area contributed by atoms with Crippen molar-refractivity contribution >= 4 is 23.4 Å². The lowest BCUT2D eigenvalue weighted by molar-refractivity contribution is -0.385. The van der Waals surface area contributed by atoms with Crippen molar-refractivity contribution in [3.8, 4) is 5.75 Å². The Kier molecular flexibility index (Phi) is 5.39. The van der Waals surface area contributed by atoms with Crippen LogP contribution in [0.2, 0.25) is 0 Å². The fraction of sp³-hybridized carbons (Fsp3) is 0.348. The molecule has 0 aliphatic carbocycles. The Morgan fingerprint density at radius 3 is 2.72 bits per heavy atom. The first-order chi connectivity index (χ1) is 15.2. The van der Waals surface area contributed by atoms with E-state index in [0.717, 1.165) is 11.3 Å². The van der Waals surface area contributed by atoms with Gasteiger partial charge in [-0.25, -0.2) is 0 Å². The third-order valence-electron chi connectivity index (χ3n) is 6.22. The maximum atomic E-state index is 11.4. The normalized spacial score (nSPS) is 20.0. The van der Waals surface area contributed by atoms with Crippen LogP contribution in [0.5, 0.6) is 5.75 Å². The number of hydrogen-bond acceptors (Lipinski definition) is 7. The number of carbonyl (C=O) groups is 1. The van der Waals surface area contributed by atoms with Crippen LogP contribution in [0.25, 0.3) is 6.08 Å². The Labute approximate surface area is 185 Å². The molecule has 1 atom stereocenters. The van der Waals surface area contributed by atoms with Crippen LogP contribution in [0.1, 0.15) is 30.5 Å². The number of fused-ring (bicyclic) bond motifs is 2. The van der Waals surface area contributed by atoms with Crippen LogP contribution in [0.15, 0.2) is 42.5 Å². The molecule has 0 amide bonds. The quantitative estimate of drug-likeness (QED) is 0.444. The van der Waals surface area contributed by atoms with E-state index in [1.807, 2.05) is 41.3 Å². The van der Waals surface area contributed by atoms with E-state index in [0.29, 0.717) is 23.4 Å². The third kappa shape index (κ3) is 3.30. The molecule has 2 aromatic carbocycles. The summed E-state index contributed by atoms with van der Waals surface area (Å²) in [5.41, 5.74) is 1.48. The van der Waals surface area contributed by atoms with Crippen LogP contribution in [-0.4, -0.2) is 46.5 Å². The van der Waals surface area contributed by atoms with Crippen molar-refractivity contribution in [2.24, 2.45) is 0 Å². The summed E-state index contributed by atoms with van der Waals surface area (Å²) in [4.78, 5) is 23.9. The Balaban J connectivity index is 1.83. The Hall–Kier alpha value is -3.43. The predicted molar refractivity (Wildman–Crippen MR) is 119 cm³/mol. The van der Waals surface area contributed by atoms with E-state index in [4.69, 9.17) is 9.84 Å². The number of nitro benzene ring substituents is 1. The molecule has 4 rings (SSSR count). The summed E-state index contributed by atoms with van der Waals surface area (Å²) in [6.45, 7) is 4.18. The highest BCUT2D eigenvalue weighted by atomic mass is 16.6. The van der Waals surface area contributed by atoms with Crippen molar-refractivity contribution < 1.29 is 24.7 Å². The van der Waals surface area contributed by atoms with Gasteiger partial charge in [-0.1, -0.05) is 18.2 Å². The maximum absolute atomic E-state index is 11.4. The molecule has 168 valence electrons. The zero-order valence-corrected chi connectivity index (χ0v) is 17.9. The fourth-order valence-corrected chi connectivity index (χ4v) is 4.69. The molecule has 1 spiro atoms. The van der Waals surface area contributed by atoms with E-state index in [2.05, 4.69) is 19.2 Å². The van der Waals surface area contributed by atoms with Gasteiger partial charge in [0.25, 0.3) is 5.69 Å². The molecule has 0 radical (unpaired) electrons. The molecule has 0 saturated carbocycles. The van der Waals surface area contributed by atoms with Crippen molar-refractivity contribution in [2.45, 2.75) is 31.5 Å². The van der Waals surface area contributed by atoms with Crippen molar-refractivity contribution in [3.63, 3.8) is 0 Å². The van der Waals surface area contributed by atoms with Crippen LogP contribution >= 0.6 is 0 Å². The van der Waals surface area contributed by atoms with Crippen LogP contribution in [0.4, 0.5) is 11.4 Å². The molecule has 9 nitrogen and oxygen atoms in total. The number of nitrogens with one attached hydrogen (secondary N) is 1. The largest absolute Gasteiger partial charge is 0.480 e. The summed E-state index contributed by atoms with van der Waals surface area (Å²) in [6.07, 6.45) is 3.70. The number of carboxylic acid groups (broad SMARTS) is 1. The average Bonchev–Trinajstić information content (AvgIpc) is 2.92. The number of hydrogen-bond donors (Lipinski definition) is 3. The van der Waals surface area contributed by atoms with Crippen LogP contribution < -0.4 is 15.0 Å². The molecule has 2 aromatic rings. The molecular weight excluding hydrogens is 414 g/mol. The summed E-state index contributed by atoms with van der Waals surface area (Å²) in [7, 11) is 0. The van der Waals surface area contributed by atoms with Gasteiger partial charge < -0.3 is 25.2 Å². The molecule has 1 unspecified atom stereocenters. The van der Waals surface area contributed by atoms with E-state index < -0.39 is 22.0 Å². The topological polar surface area (TPSA) is 125 Å². The van der Waals surface area contributed by atoms with Gasteiger partial charge in [0.2, 0.25) is 5.72 Å². The smallest absolute Gasteiger partial charge is 0.317 e. The fourth-order valence-electron chi connectivity index (χ4n) is 4.69. The molecule has 2 heterocycles. The highest BCUT2D eigenvalue weighted by molar-refractivity contribution is 5.74. The first-order valence-corrected chi connectivity index (χ1v) is 10.3. The Morgan fingerprint density at radius 2 is 2.03 bits per heavy atom. The van der Waals surface area contributed by atoms with Crippen LogP contribution in [0, 0.1) is 10.1 Å². The van der Waals surface area contributed by atoms with Crippen molar-refractivity contribution in [3.05, 3.63) is 69.3 Å². The lowest BCUT2D eigenvalue weighted by Crippen LogP contribution is -2.60. The summed E-state index contributed by atoms with van der Waals surface area (Å²) >= 11 is 0. The predicted octanol–water partition coefficient (Wildman–Crippen LogP) is 2.66. The third-order valence-corrected chi connectivity index (χ3v) is 6.22. The van der Waals surface area contributed by atoms with Gasteiger partial charge in [0.05, 0.1) is 23.5 Å². The molecule has 9 heteroatoms. The number of aliphatic hydroxyl groups excluding tert-OH is 1. The zero-order chi connectivity index (χ0) is 23.1. The number of non-ortho nitro benzene ring substituents is 1. The van der Waals surface area contributed by atoms with E-state index >= 15 is 0 Å². The number of aliphatic carboxylic acids is 1. The number of ether oxygens (including phenoxy) is 1. The molecule has 0 saturated heterocycles. The number of benzene rings is 2. The maximum Gasteiger partial charge on any atom is 0.317 e. The Bertz CT molecular complexity index is 1110. The lowest BCUT2D eigenvalue weighted by atomic mass is 9.76. The van der Waals surface area contributed by atoms with Gasteiger partial charge in [-0.3, -0.25) is 14.9 Å². The second kappa shape index (κ2) is 7.92. The highest BCUT2D eigenvalue weighted by Gasteiger charge is 2.58. The standard InChI is InChI=1S/C23H25N3O6/c1-22(2)18-5-3-4-6-19(18)25(9-10-27)23(22)8-7-15-11-17(26(30)31)12-16(21(15)32-23)13-24-14-20(28)29/h3-8,11-12,24,27H,9-10,13-14H2,1-2H3,(H,28,29). The van der Waals surface area contributed by atoms with E-state index in [1.165, 1.54) is 12.1 Å². The number of nitro groups is 1. The lowest BCUT2D eigenvalue weighted by Gasteiger charge is -2.47. The van der Waals surface area contributed by atoms with Gasteiger partial charge in [0, 0.05) is 42.0 Å². The van der Waals surface area contributed by atoms with Crippen molar-refractivity contribution in [1.82, 2.24) is 5.32 Å². The van der Waals surface area contributed by atoms with Gasteiger partial charge in [-0.2, -0.15) is 0 Å². The number of aliphatic hydroxyl groups is 1. The van der Waals surface area contributed by atoms with E-state index in [1.54, 1.807) is 0 Å². The number of β-amino-alcohol motifs (C(OH)–C–C–N with tert-alkyl or cyclic N) is 1. The number of nitrogens with zero attached hydrogens (tertiary/aromatic N) is 2. The number of anilines is 1. The summed E-state index contributed by atoms with van der Waals surface area (Å²) in [6, 6.07) is 10.8. The van der Waals surface area contributed by atoms with Crippen LogP contribution in [0.3, 0.4) is 0 Å². The minimum atomic E-state index is -1.02. The van der Waals surface area contributed by atoms with Gasteiger partial charge in [-0.15, -0.1) is 0 Å². The average molecular weight is 439 g/mol.